The van der Waals surface area contributed by atoms with Gasteiger partial charge in [0.25, 0.3) is 0 Å². The van der Waals surface area contributed by atoms with Crippen LogP contribution in [0.15, 0.2) is 53.7 Å². The summed E-state index contributed by atoms with van der Waals surface area (Å²) in [5, 5.41) is 3.63. The minimum Gasteiger partial charge on any atom is -0.496 e. The summed E-state index contributed by atoms with van der Waals surface area (Å²) in [5.41, 5.74) is 1.47. The number of rotatable bonds is 5. The molecule has 0 bridgehead atoms. The van der Waals surface area contributed by atoms with Crippen LogP contribution in [0.1, 0.15) is 18.4 Å². The molecule has 0 radical (unpaired) electrons. The minimum atomic E-state index is 0.165. The lowest BCUT2D eigenvalue weighted by atomic mass is 9.95. The number of aliphatic imine (C=N–C) groups is 1. The fourth-order valence-corrected chi connectivity index (χ4v) is 4.04. The highest BCUT2D eigenvalue weighted by molar-refractivity contribution is 5.80. The average Bonchev–Trinajstić information content (AvgIpc) is 3.56. The van der Waals surface area contributed by atoms with E-state index >= 15 is 0 Å². The van der Waals surface area contributed by atoms with Crippen LogP contribution in [0, 0.1) is 0 Å². The number of methoxy groups -OCH3 is 1. The van der Waals surface area contributed by atoms with Gasteiger partial charge in [0.1, 0.15) is 11.6 Å². The number of benzene rings is 1. The van der Waals surface area contributed by atoms with Gasteiger partial charge in [-0.05, 0) is 31.0 Å². The maximum atomic E-state index is 5.60. The fourth-order valence-electron chi connectivity index (χ4n) is 4.04. The second kappa shape index (κ2) is 8.09. The number of pyridine rings is 1. The van der Waals surface area contributed by atoms with Crippen molar-refractivity contribution in [3.63, 3.8) is 0 Å². The van der Waals surface area contributed by atoms with Crippen molar-refractivity contribution in [2.45, 2.75) is 18.3 Å². The third-order valence-electron chi connectivity index (χ3n) is 5.88. The normalized spacial score (nSPS) is 18.7. The SMILES string of the molecule is CN=C(NCC1(c2ccccc2OC)CC1)N1CCN(c2ccccn2)CC1. The molecule has 2 aliphatic rings. The van der Waals surface area contributed by atoms with Crippen LogP contribution in [-0.4, -0.2) is 62.7 Å². The Kier molecular flexibility index (Phi) is 5.37. The van der Waals surface area contributed by atoms with Crippen molar-refractivity contribution >= 4 is 11.8 Å². The van der Waals surface area contributed by atoms with E-state index in [2.05, 4.69) is 49.4 Å². The summed E-state index contributed by atoms with van der Waals surface area (Å²) in [7, 11) is 3.62. The molecule has 1 aromatic heterocycles. The molecule has 1 aliphatic heterocycles. The van der Waals surface area contributed by atoms with Gasteiger partial charge in [0.15, 0.2) is 5.96 Å². The van der Waals surface area contributed by atoms with E-state index in [1.165, 1.54) is 18.4 Å². The molecule has 6 nitrogen and oxygen atoms in total. The van der Waals surface area contributed by atoms with Gasteiger partial charge in [-0.2, -0.15) is 0 Å². The molecule has 0 spiro atoms. The average molecular weight is 380 g/mol. The smallest absolute Gasteiger partial charge is 0.193 e. The van der Waals surface area contributed by atoms with Crippen molar-refractivity contribution in [1.29, 1.82) is 0 Å². The third kappa shape index (κ3) is 3.77. The molecule has 2 aromatic rings. The molecule has 0 unspecified atom stereocenters. The molecule has 6 heteroatoms. The van der Waals surface area contributed by atoms with Gasteiger partial charge in [0.05, 0.1) is 7.11 Å². The van der Waals surface area contributed by atoms with E-state index < -0.39 is 0 Å². The summed E-state index contributed by atoms with van der Waals surface area (Å²) in [5.74, 6) is 3.03. The summed E-state index contributed by atoms with van der Waals surface area (Å²) in [4.78, 5) is 13.7. The van der Waals surface area contributed by atoms with Gasteiger partial charge in [-0.25, -0.2) is 4.98 Å². The van der Waals surface area contributed by atoms with Gasteiger partial charge < -0.3 is 19.9 Å². The van der Waals surface area contributed by atoms with Gasteiger partial charge in [-0.1, -0.05) is 24.3 Å². The number of hydrogen-bond acceptors (Lipinski definition) is 4. The van der Waals surface area contributed by atoms with Crippen molar-refractivity contribution in [3.05, 3.63) is 54.2 Å². The Morgan fingerprint density at radius 2 is 1.86 bits per heavy atom. The standard InChI is InChI=1S/C22H29N5O/c1-23-21(27-15-13-26(14-16-27)20-9-5-6-12-24-20)25-17-22(10-11-22)18-7-3-4-8-19(18)28-2/h3-9,12H,10-11,13-17H2,1-2H3,(H,23,25). The molecule has 1 aliphatic carbocycles. The molecule has 1 saturated heterocycles. The monoisotopic (exact) mass is 379 g/mol. The second-order valence-corrected chi connectivity index (χ2v) is 7.54. The van der Waals surface area contributed by atoms with Crippen LogP contribution in [0.5, 0.6) is 5.75 Å². The number of anilines is 1. The van der Waals surface area contributed by atoms with Gasteiger partial charge in [-0.15, -0.1) is 0 Å². The van der Waals surface area contributed by atoms with Crippen LogP contribution in [0.2, 0.25) is 0 Å². The molecule has 4 rings (SSSR count). The van der Waals surface area contributed by atoms with E-state index in [0.717, 1.165) is 50.3 Å². The molecule has 0 amide bonds. The summed E-state index contributed by atoms with van der Waals surface area (Å²) in [6.07, 6.45) is 4.23. The first-order valence-electron chi connectivity index (χ1n) is 10.0. The highest BCUT2D eigenvalue weighted by atomic mass is 16.5. The number of guanidine groups is 1. The number of ether oxygens (including phenoxy) is 1. The molecular formula is C22H29N5O. The van der Waals surface area contributed by atoms with Crippen LogP contribution < -0.4 is 15.0 Å². The van der Waals surface area contributed by atoms with E-state index in [9.17, 15) is 0 Å². The Labute approximate surface area is 167 Å². The van der Waals surface area contributed by atoms with E-state index in [4.69, 9.17) is 4.74 Å². The van der Waals surface area contributed by atoms with Crippen LogP contribution in [-0.2, 0) is 5.41 Å². The van der Waals surface area contributed by atoms with Crippen molar-refractivity contribution < 1.29 is 4.74 Å². The summed E-state index contributed by atoms with van der Waals surface area (Å²) in [6, 6.07) is 14.5. The van der Waals surface area contributed by atoms with Crippen molar-refractivity contribution in [3.8, 4) is 5.75 Å². The number of hydrogen-bond donors (Lipinski definition) is 1. The number of aromatic nitrogens is 1. The Balaban J connectivity index is 1.36. The summed E-state index contributed by atoms with van der Waals surface area (Å²) >= 11 is 0. The molecular weight excluding hydrogens is 350 g/mol. The minimum absolute atomic E-state index is 0.165. The van der Waals surface area contributed by atoms with Gasteiger partial charge in [0, 0.05) is 56.9 Å². The zero-order valence-electron chi connectivity index (χ0n) is 16.8. The lowest BCUT2D eigenvalue weighted by Gasteiger charge is -2.37. The molecule has 0 atom stereocenters. The predicted octanol–water partition coefficient (Wildman–Crippen LogP) is 2.52. The summed E-state index contributed by atoms with van der Waals surface area (Å²) < 4.78 is 5.60. The second-order valence-electron chi connectivity index (χ2n) is 7.54. The fraction of sp³-hybridized carbons (Fsp3) is 0.455. The first-order chi connectivity index (χ1) is 13.8. The van der Waals surface area contributed by atoms with Crippen molar-refractivity contribution in [2.75, 3.05) is 51.8 Å². The molecule has 2 heterocycles. The first kappa shape index (κ1) is 18.6. The Hall–Kier alpha value is -2.76. The number of piperazine rings is 1. The topological polar surface area (TPSA) is 53.0 Å². The molecule has 148 valence electrons. The van der Waals surface area contributed by atoms with Crippen LogP contribution in [0.25, 0.3) is 0 Å². The lowest BCUT2D eigenvalue weighted by molar-refractivity contribution is 0.368. The number of para-hydroxylation sites is 1. The lowest BCUT2D eigenvalue weighted by Crippen LogP contribution is -2.53. The van der Waals surface area contributed by atoms with Crippen LogP contribution in [0.3, 0.4) is 0 Å². The zero-order valence-corrected chi connectivity index (χ0v) is 16.8. The maximum Gasteiger partial charge on any atom is 0.193 e. The Morgan fingerprint density at radius 1 is 1.11 bits per heavy atom. The van der Waals surface area contributed by atoms with Gasteiger partial charge >= 0.3 is 0 Å². The van der Waals surface area contributed by atoms with Gasteiger partial charge in [-0.3, -0.25) is 4.99 Å². The van der Waals surface area contributed by atoms with Crippen LogP contribution >= 0.6 is 0 Å². The third-order valence-corrected chi connectivity index (χ3v) is 5.88. The van der Waals surface area contributed by atoms with E-state index in [-0.39, 0.29) is 5.41 Å². The highest BCUT2D eigenvalue weighted by Crippen LogP contribution is 2.50. The quantitative estimate of drug-likeness (QED) is 0.639. The predicted molar refractivity (Wildman–Crippen MR) is 113 cm³/mol. The van der Waals surface area contributed by atoms with Crippen molar-refractivity contribution in [2.24, 2.45) is 4.99 Å². The number of nitrogens with one attached hydrogen (secondary N) is 1. The Morgan fingerprint density at radius 3 is 2.50 bits per heavy atom. The van der Waals surface area contributed by atoms with E-state index in [1.54, 1.807) is 7.11 Å². The largest absolute Gasteiger partial charge is 0.496 e. The molecule has 2 fully saturated rings. The van der Waals surface area contributed by atoms with Crippen molar-refractivity contribution in [1.82, 2.24) is 15.2 Å². The van der Waals surface area contributed by atoms with Crippen LogP contribution in [0.4, 0.5) is 5.82 Å². The molecule has 1 N–H and O–H groups in total. The van der Waals surface area contributed by atoms with E-state index in [0.29, 0.717) is 0 Å². The first-order valence-corrected chi connectivity index (χ1v) is 10.0. The van der Waals surface area contributed by atoms with E-state index in [1.807, 2.05) is 31.4 Å². The molecule has 28 heavy (non-hydrogen) atoms. The maximum absolute atomic E-state index is 5.60. The zero-order chi connectivity index (χ0) is 19.4. The molecule has 1 aromatic carbocycles. The number of nitrogens with zero attached hydrogens (tertiary/aromatic N) is 4. The summed E-state index contributed by atoms with van der Waals surface area (Å²) in [6.45, 7) is 4.68. The molecule has 1 saturated carbocycles. The Bertz CT molecular complexity index is 811. The van der Waals surface area contributed by atoms with Gasteiger partial charge in [0.2, 0.25) is 0 Å². The highest BCUT2D eigenvalue weighted by Gasteiger charge is 2.46.